The smallest absolute Gasteiger partial charge is 0.244 e. The molecule has 8 nitrogen and oxygen atoms in total. The van der Waals surface area contributed by atoms with Gasteiger partial charge in [-0.25, -0.2) is 0 Å². The number of hydrogen-bond donors (Lipinski definition) is 3. The third-order valence-electron chi connectivity index (χ3n) is 4.57. The summed E-state index contributed by atoms with van der Waals surface area (Å²) in [5.41, 5.74) is 5.21. The van der Waals surface area contributed by atoms with Gasteiger partial charge in [-0.05, 0) is 30.4 Å². The second-order valence-electron chi connectivity index (χ2n) is 6.71. The fourth-order valence-electron chi connectivity index (χ4n) is 3.20. The summed E-state index contributed by atoms with van der Waals surface area (Å²) in [5, 5.41) is 11.4. The van der Waals surface area contributed by atoms with E-state index in [1.165, 1.54) is 0 Å². The number of nitrogens with zero attached hydrogens (tertiary/aromatic N) is 2. The molecule has 3 aromatic rings. The molecule has 0 saturated heterocycles. The third kappa shape index (κ3) is 4.84. The fourth-order valence-corrected chi connectivity index (χ4v) is 3.34. The first-order chi connectivity index (χ1) is 15.1. The first kappa shape index (κ1) is 20.4. The van der Waals surface area contributed by atoms with Crippen LogP contribution in [0.25, 0.3) is 10.9 Å². The number of carbonyl (C=O) groups excluding carboxylic acids is 1. The van der Waals surface area contributed by atoms with E-state index in [9.17, 15) is 4.79 Å². The summed E-state index contributed by atoms with van der Waals surface area (Å²) in [6.45, 7) is 4.52. The van der Waals surface area contributed by atoms with Crippen LogP contribution in [0, 0.1) is 0 Å². The van der Waals surface area contributed by atoms with Gasteiger partial charge < -0.3 is 24.7 Å². The Balaban J connectivity index is 1.47. The predicted molar refractivity (Wildman–Crippen MR) is 125 cm³/mol. The number of hydrogen-bond acceptors (Lipinski definition) is 5. The first-order valence-corrected chi connectivity index (χ1v) is 10.00. The van der Waals surface area contributed by atoms with Crippen LogP contribution in [0.3, 0.4) is 0 Å². The largest absolute Gasteiger partial charge is 0.454 e. The molecule has 1 aromatic heterocycles. The fraction of sp³-hybridized carbons (Fsp3) is 0.136. The van der Waals surface area contributed by atoms with Gasteiger partial charge >= 0.3 is 0 Å². The Hall–Kier alpha value is -3.85. The van der Waals surface area contributed by atoms with Gasteiger partial charge in [0, 0.05) is 41.0 Å². The topological polar surface area (TPSA) is 88.9 Å². The number of benzene rings is 2. The van der Waals surface area contributed by atoms with Gasteiger partial charge in [-0.3, -0.25) is 10.2 Å². The Morgan fingerprint density at radius 1 is 1.23 bits per heavy atom. The van der Waals surface area contributed by atoms with Crippen LogP contribution in [-0.2, 0) is 11.3 Å². The van der Waals surface area contributed by atoms with Gasteiger partial charge in [0.15, 0.2) is 16.6 Å². The van der Waals surface area contributed by atoms with E-state index in [0.717, 1.165) is 16.5 Å². The summed E-state index contributed by atoms with van der Waals surface area (Å²) in [6, 6.07) is 13.1. The maximum Gasteiger partial charge on any atom is 0.244 e. The van der Waals surface area contributed by atoms with Crippen LogP contribution < -0.4 is 25.5 Å². The standard InChI is InChI=1S/C22H21N5O3S/c1-2-9-23-22(31)26-24-11-15-12-27(18-6-4-3-5-17(15)18)13-21(28)25-16-7-8-19-20(10-16)30-14-29-19/h2-8,10-12H,1,9,13-14H2,(H,25,28)(H2,23,26,31)/b24-11-. The van der Waals surface area contributed by atoms with Crippen LogP contribution in [0.4, 0.5) is 5.69 Å². The van der Waals surface area contributed by atoms with Gasteiger partial charge in [-0.15, -0.1) is 6.58 Å². The van der Waals surface area contributed by atoms with Crippen molar-refractivity contribution in [3.05, 3.63) is 66.9 Å². The summed E-state index contributed by atoms with van der Waals surface area (Å²) >= 11 is 5.13. The number of aromatic nitrogens is 1. The number of thiocarbonyl (C=S) groups is 1. The zero-order valence-electron chi connectivity index (χ0n) is 16.6. The molecule has 2 heterocycles. The number of para-hydroxylation sites is 1. The van der Waals surface area contributed by atoms with E-state index in [4.69, 9.17) is 21.7 Å². The van der Waals surface area contributed by atoms with Crippen LogP contribution in [-0.4, -0.2) is 35.1 Å². The molecule has 2 aromatic carbocycles. The second-order valence-corrected chi connectivity index (χ2v) is 7.12. The molecule has 3 N–H and O–H groups in total. The lowest BCUT2D eigenvalue weighted by Gasteiger charge is -2.08. The molecule has 0 spiro atoms. The Morgan fingerprint density at radius 3 is 2.94 bits per heavy atom. The molecule has 0 unspecified atom stereocenters. The van der Waals surface area contributed by atoms with Gasteiger partial charge in [0.2, 0.25) is 12.7 Å². The first-order valence-electron chi connectivity index (χ1n) is 9.59. The highest BCUT2D eigenvalue weighted by atomic mass is 32.1. The van der Waals surface area contributed by atoms with Crippen molar-refractivity contribution in [1.29, 1.82) is 0 Å². The van der Waals surface area contributed by atoms with Crippen molar-refractivity contribution >= 4 is 46.0 Å². The maximum atomic E-state index is 12.7. The van der Waals surface area contributed by atoms with Crippen molar-refractivity contribution in [1.82, 2.24) is 15.3 Å². The minimum atomic E-state index is -0.156. The highest BCUT2D eigenvalue weighted by molar-refractivity contribution is 7.80. The molecular weight excluding hydrogens is 414 g/mol. The van der Waals surface area contributed by atoms with E-state index < -0.39 is 0 Å². The van der Waals surface area contributed by atoms with Gasteiger partial charge in [0.05, 0.1) is 6.21 Å². The molecule has 31 heavy (non-hydrogen) atoms. The zero-order chi connectivity index (χ0) is 21.6. The number of fused-ring (bicyclic) bond motifs is 2. The summed E-state index contributed by atoms with van der Waals surface area (Å²) in [4.78, 5) is 12.7. The van der Waals surface area contributed by atoms with Crippen molar-refractivity contribution in [2.24, 2.45) is 5.10 Å². The van der Waals surface area contributed by atoms with Crippen molar-refractivity contribution in [2.75, 3.05) is 18.7 Å². The van der Waals surface area contributed by atoms with E-state index in [2.05, 4.69) is 27.7 Å². The normalized spacial score (nSPS) is 12.1. The molecule has 0 fully saturated rings. The number of carbonyl (C=O) groups is 1. The number of anilines is 1. The average Bonchev–Trinajstić information content (AvgIpc) is 3.37. The van der Waals surface area contributed by atoms with E-state index in [0.29, 0.717) is 28.8 Å². The molecule has 0 radical (unpaired) electrons. The Bertz CT molecular complexity index is 1170. The summed E-state index contributed by atoms with van der Waals surface area (Å²) in [7, 11) is 0. The third-order valence-corrected chi connectivity index (χ3v) is 4.80. The van der Waals surface area contributed by atoms with Gasteiger partial charge in [0.1, 0.15) is 6.54 Å². The van der Waals surface area contributed by atoms with Crippen molar-refractivity contribution in [3.8, 4) is 11.5 Å². The van der Waals surface area contributed by atoms with Crippen molar-refractivity contribution in [3.63, 3.8) is 0 Å². The van der Waals surface area contributed by atoms with Crippen LogP contribution in [0.15, 0.2) is 66.4 Å². The predicted octanol–water partition coefficient (Wildman–Crippen LogP) is 2.99. The summed E-state index contributed by atoms with van der Waals surface area (Å²) in [5.74, 6) is 1.14. The molecule has 9 heteroatoms. The van der Waals surface area contributed by atoms with Crippen molar-refractivity contribution in [2.45, 2.75) is 6.54 Å². The van der Waals surface area contributed by atoms with Crippen LogP contribution in [0.1, 0.15) is 5.56 Å². The lowest BCUT2D eigenvalue weighted by molar-refractivity contribution is -0.116. The Labute approximate surface area is 184 Å². The number of hydrazone groups is 1. The lowest BCUT2D eigenvalue weighted by atomic mass is 10.2. The molecule has 0 saturated carbocycles. The average molecular weight is 436 g/mol. The van der Waals surface area contributed by atoms with E-state index in [-0.39, 0.29) is 19.2 Å². The molecule has 158 valence electrons. The lowest BCUT2D eigenvalue weighted by Crippen LogP contribution is -2.31. The molecule has 0 bridgehead atoms. The molecule has 1 aliphatic heterocycles. The van der Waals surface area contributed by atoms with Gasteiger partial charge in [0.25, 0.3) is 0 Å². The molecule has 0 aliphatic carbocycles. The van der Waals surface area contributed by atoms with Crippen molar-refractivity contribution < 1.29 is 14.3 Å². The maximum absolute atomic E-state index is 12.7. The molecule has 4 rings (SSSR count). The molecular formula is C22H21N5O3S. The summed E-state index contributed by atoms with van der Waals surface area (Å²) in [6.07, 6.45) is 5.27. The number of rotatable bonds is 7. The number of amides is 1. The van der Waals surface area contributed by atoms with E-state index in [1.54, 1.807) is 30.5 Å². The number of nitrogens with one attached hydrogen (secondary N) is 3. The summed E-state index contributed by atoms with van der Waals surface area (Å²) < 4.78 is 12.5. The minimum Gasteiger partial charge on any atom is -0.454 e. The van der Waals surface area contributed by atoms with Crippen LogP contribution in [0.5, 0.6) is 11.5 Å². The highest BCUT2D eigenvalue weighted by Gasteiger charge is 2.15. The minimum absolute atomic E-state index is 0.148. The molecule has 0 atom stereocenters. The Morgan fingerprint density at radius 2 is 2.06 bits per heavy atom. The van der Waals surface area contributed by atoms with Crippen LogP contribution >= 0.6 is 12.2 Å². The van der Waals surface area contributed by atoms with E-state index in [1.807, 2.05) is 35.0 Å². The number of ether oxygens (including phenoxy) is 2. The van der Waals surface area contributed by atoms with Gasteiger partial charge in [-0.1, -0.05) is 24.3 Å². The molecule has 1 amide bonds. The SMILES string of the molecule is C=CCNC(=S)N/N=C\c1cn(CC(=O)Nc2ccc3c(c2)OCO3)c2ccccc12. The molecule has 1 aliphatic rings. The second kappa shape index (κ2) is 9.31. The van der Waals surface area contributed by atoms with Crippen LogP contribution in [0.2, 0.25) is 0 Å². The highest BCUT2D eigenvalue weighted by Crippen LogP contribution is 2.34. The van der Waals surface area contributed by atoms with Gasteiger partial charge in [-0.2, -0.15) is 5.10 Å². The van der Waals surface area contributed by atoms with E-state index >= 15 is 0 Å². The Kier molecular flexibility index (Phi) is 6.13. The monoisotopic (exact) mass is 435 g/mol. The zero-order valence-corrected chi connectivity index (χ0v) is 17.4. The quantitative estimate of drug-likeness (QED) is 0.229.